The Bertz CT molecular complexity index is 426. The minimum absolute atomic E-state index is 0.0148. The molecule has 18 heavy (non-hydrogen) atoms. The molecule has 1 rings (SSSR count). The molecule has 1 aromatic carbocycles. The molecule has 1 aromatic rings. The van der Waals surface area contributed by atoms with Gasteiger partial charge in [-0.15, -0.1) is 0 Å². The molecule has 0 aromatic heterocycles. The normalized spacial score (nSPS) is 11.6. The van der Waals surface area contributed by atoms with Crippen LogP contribution in [0, 0.1) is 0 Å². The van der Waals surface area contributed by atoms with Crippen LogP contribution in [0.15, 0.2) is 24.3 Å². The first-order chi connectivity index (χ1) is 8.40. The van der Waals surface area contributed by atoms with Crippen LogP contribution in [-0.2, 0) is 9.59 Å². The van der Waals surface area contributed by atoms with E-state index < -0.39 is 0 Å². The van der Waals surface area contributed by atoms with Crippen molar-refractivity contribution in [2.24, 2.45) is 0 Å². The van der Waals surface area contributed by atoms with Gasteiger partial charge < -0.3 is 15.5 Å². The monoisotopic (exact) mass is 249 g/mol. The minimum Gasteiger partial charge on any atom is -0.374 e. The Morgan fingerprint density at radius 3 is 2.06 bits per heavy atom. The smallest absolute Gasteiger partial charge is 0.244 e. The number of carbonyl (C=O) groups is 2. The number of hydrogen-bond donors (Lipinski definition) is 2. The third-order valence-electron chi connectivity index (χ3n) is 2.40. The quantitative estimate of drug-likeness (QED) is 0.850. The van der Waals surface area contributed by atoms with E-state index in [1.807, 2.05) is 19.1 Å². The first kappa shape index (κ1) is 14.0. The zero-order chi connectivity index (χ0) is 13.7. The van der Waals surface area contributed by atoms with Gasteiger partial charge in [0.1, 0.15) is 6.04 Å². The summed E-state index contributed by atoms with van der Waals surface area (Å²) in [5, 5.41) is 5.78. The summed E-state index contributed by atoms with van der Waals surface area (Å²) in [4.78, 5) is 24.1. The molecule has 0 aliphatic rings. The Morgan fingerprint density at radius 1 is 1.11 bits per heavy atom. The molecule has 2 amide bonds. The highest BCUT2D eigenvalue weighted by Crippen LogP contribution is 2.14. The third kappa shape index (κ3) is 4.08. The average molecular weight is 249 g/mol. The highest BCUT2D eigenvalue weighted by atomic mass is 16.2. The lowest BCUT2D eigenvalue weighted by Gasteiger charge is -2.19. The molecule has 98 valence electrons. The van der Waals surface area contributed by atoms with E-state index in [4.69, 9.17) is 0 Å². The first-order valence-electron chi connectivity index (χ1n) is 5.75. The van der Waals surface area contributed by atoms with Crippen molar-refractivity contribution in [1.29, 1.82) is 0 Å². The lowest BCUT2D eigenvalue weighted by atomic mass is 10.2. The van der Waals surface area contributed by atoms with E-state index in [1.165, 1.54) is 6.92 Å². The molecule has 5 heteroatoms. The number of anilines is 2. The second-order valence-electron chi connectivity index (χ2n) is 4.36. The molecule has 0 heterocycles. The maximum atomic E-state index is 11.7. The fraction of sp³-hybridized carbons (Fsp3) is 0.385. The van der Waals surface area contributed by atoms with Gasteiger partial charge in [-0.25, -0.2) is 0 Å². The van der Waals surface area contributed by atoms with Gasteiger partial charge in [-0.1, -0.05) is 0 Å². The van der Waals surface area contributed by atoms with Crippen LogP contribution in [0.3, 0.4) is 0 Å². The molecule has 0 aliphatic heterocycles. The van der Waals surface area contributed by atoms with Gasteiger partial charge in [-0.2, -0.15) is 0 Å². The number of nitrogens with zero attached hydrogens (tertiary/aromatic N) is 1. The van der Waals surface area contributed by atoms with Crippen molar-refractivity contribution in [3.05, 3.63) is 24.3 Å². The predicted molar refractivity (Wildman–Crippen MR) is 72.5 cm³/mol. The van der Waals surface area contributed by atoms with E-state index in [-0.39, 0.29) is 17.9 Å². The van der Waals surface area contributed by atoms with Crippen molar-refractivity contribution in [2.45, 2.75) is 19.9 Å². The third-order valence-corrected chi connectivity index (χ3v) is 2.40. The first-order valence-corrected chi connectivity index (χ1v) is 5.75. The number of rotatable bonds is 4. The summed E-state index contributed by atoms with van der Waals surface area (Å²) in [5.41, 5.74) is 1.58. The van der Waals surface area contributed by atoms with Gasteiger partial charge in [0.2, 0.25) is 11.8 Å². The Labute approximate surface area is 107 Å². The molecular formula is C13H19N3O2. The van der Waals surface area contributed by atoms with Crippen LogP contribution in [0.5, 0.6) is 0 Å². The average Bonchev–Trinajstić information content (AvgIpc) is 2.29. The van der Waals surface area contributed by atoms with Gasteiger partial charge in [0.05, 0.1) is 0 Å². The fourth-order valence-corrected chi connectivity index (χ4v) is 1.55. The lowest BCUT2D eigenvalue weighted by Crippen LogP contribution is -2.36. The zero-order valence-electron chi connectivity index (χ0n) is 11.2. The summed E-state index contributed by atoms with van der Waals surface area (Å²) in [6, 6.07) is 6.94. The lowest BCUT2D eigenvalue weighted by molar-refractivity contribution is -0.129. The summed E-state index contributed by atoms with van der Waals surface area (Å²) >= 11 is 0. The number of nitrogens with one attached hydrogen (secondary N) is 2. The molecule has 0 bridgehead atoms. The largest absolute Gasteiger partial charge is 0.374 e. The van der Waals surface area contributed by atoms with Gasteiger partial charge in [-0.3, -0.25) is 9.59 Å². The van der Waals surface area contributed by atoms with Crippen LogP contribution in [0.2, 0.25) is 0 Å². The summed E-state index contributed by atoms with van der Waals surface area (Å²) in [5.74, 6) is -0.0900. The Hall–Kier alpha value is -2.04. The fourth-order valence-electron chi connectivity index (χ4n) is 1.55. The maximum absolute atomic E-state index is 11.7. The van der Waals surface area contributed by atoms with E-state index in [2.05, 4.69) is 10.6 Å². The van der Waals surface area contributed by atoms with Crippen molar-refractivity contribution >= 4 is 23.2 Å². The highest BCUT2D eigenvalue weighted by Gasteiger charge is 2.13. The molecule has 0 saturated heterocycles. The van der Waals surface area contributed by atoms with Crippen molar-refractivity contribution in [3.63, 3.8) is 0 Å². The minimum atomic E-state index is -0.286. The maximum Gasteiger partial charge on any atom is 0.244 e. The van der Waals surface area contributed by atoms with Crippen LogP contribution >= 0.6 is 0 Å². The molecule has 0 radical (unpaired) electrons. The van der Waals surface area contributed by atoms with Crippen molar-refractivity contribution in [3.8, 4) is 0 Å². The highest BCUT2D eigenvalue weighted by molar-refractivity contribution is 5.89. The predicted octanol–water partition coefficient (Wildman–Crippen LogP) is 1.53. The molecule has 0 saturated carbocycles. The Kier molecular flexibility index (Phi) is 4.71. The van der Waals surface area contributed by atoms with Crippen molar-refractivity contribution in [1.82, 2.24) is 4.90 Å². The number of amides is 2. The van der Waals surface area contributed by atoms with E-state index >= 15 is 0 Å². The summed E-state index contributed by atoms with van der Waals surface area (Å²) in [6.07, 6.45) is 0. The van der Waals surface area contributed by atoms with Crippen LogP contribution in [-0.4, -0.2) is 36.9 Å². The molecule has 0 fully saturated rings. The number of hydrogen-bond acceptors (Lipinski definition) is 3. The summed E-state index contributed by atoms with van der Waals surface area (Å²) < 4.78 is 0. The van der Waals surface area contributed by atoms with Crippen molar-refractivity contribution in [2.75, 3.05) is 24.7 Å². The van der Waals surface area contributed by atoms with Gasteiger partial charge >= 0.3 is 0 Å². The van der Waals surface area contributed by atoms with Gasteiger partial charge in [0.15, 0.2) is 0 Å². The molecular weight excluding hydrogens is 230 g/mol. The number of benzene rings is 1. The molecule has 2 N–H and O–H groups in total. The summed E-state index contributed by atoms with van der Waals surface area (Å²) in [7, 11) is 3.45. The van der Waals surface area contributed by atoms with Crippen molar-refractivity contribution < 1.29 is 9.59 Å². The zero-order valence-corrected chi connectivity index (χ0v) is 11.2. The van der Waals surface area contributed by atoms with Gasteiger partial charge in [0.25, 0.3) is 0 Å². The SMILES string of the molecule is CC(=O)Nc1ccc(NC(C)C(=O)N(C)C)cc1. The summed E-state index contributed by atoms with van der Waals surface area (Å²) in [6.45, 7) is 3.27. The van der Waals surface area contributed by atoms with E-state index in [0.29, 0.717) is 0 Å². The van der Waals surface area contributed by atoms with Gasteiger partial charge in [-0.05, 0) is 31.2 Å². The molecule has 0 aliphatic carbocycles. The Balaban J connectivity index is 2.63. The van der Waals surface area contributed by atoms with Crippen LogP contribution in [0.1, 0.15) is 13.8 Å². The standard InChI is InChI=1S/C13H19N3O2/c1-9(13(18)16(3)4)14-11-5-7-12(8-6-11)15-10(2)17/h5-9,14H,1-4H3,(H,15,17). The second kappa shape index (κ2) is 6.05. The molecule has 1 unspecified atom stereocenters. The number of carbonyl (C=O) groups excluding carboxylic acids is 2. The molecule has 0 spiro atoms. The van der Waals surface area contributed by atoms with Crippen LogP contribution in [0.25, 0.3) is 0 Å². The van der Waals surface area contributed by atoms with E-state index in [1.54, 1.807) is 31.1 Å². The van der Waals surface area contributed by atoms with Crippen LogP contribution in [0.4, 0.5) is 11.4 Å². The molecule has 5 nitrogen and oxygen atoms in total. The van der Waals surface area contributed by atoms with Gasteiger partial charge in [0, 0.05) is 32.4 Å². The molecule has 1 atom stereocenters. The van der Waals surface area contributed by atoms with E-state index in [9.17, 15) is 9.59 Å². The second-order valence-corrected chi connectivity index (χ2v) is 4.36. The van der Waals surface area contributed by atoms with Crippen LogP contribution < -0.4 is 10.6 Å². The Morgan fingerprint density at radius 2 is 1.61 bits per heavy atom. The number of likely N-dealkylation sites (N-methyl/N-ethyl adjacent to an activating group) is 1. The topological polar surface area (TPSA) is 61.4 Å². The van der Waals surface area contributed by atoms with E-state index in [0.717, 1.165) is 11.4 Å².